The van der Waals surface area contributed by atoms with Crippen LogP contribution in [0.4, 0.5) is 5.69 Å². The molecule has 6 nitrogen and oxygen atoms in total. The number of nitrogens with zero attached hydrogens (tertiary/aromatic N) is 3. The quantitative estimate of drug-likeness (QED) is 0.359. The maximum absolute atomic E-state index is 5.98. The summed E-state index contributed by atoms with van der Waals surface area (Å²) in [6.45, 7) is 6.94. The molecular formula is C23H31IN4O2. The number of benzene rings is 2. The molecule has 30 heavy (non-hydrogen) atoms. The number of hydrogen-bond acceptors (Lipinski definition) is 4. The minimum atomic E-state index is 0. The predicted octanol–water partition coefficient (Wildman–Crippen LogP) is 3.15. The molecule has 162 valence electrons. The minimum absolute atomic E-state index is 0. The lowest BCUT2D eigenvalue weighted by Gasteiger charge is -2.26. The van der Waals surface area contributed by atoms with E-state index in [-0.39, 0.29) is 24.0 Å². The second kappa shape index (κ2) is 11.5. The van der Waals surface area contributed by atoms with Crippen molar-refractivity contribution in [3.63, 3.8) is 0 Å². The van der Waals surface area contributed by atoms with Crippen molar-refractivity contribution in [3.05, 3.63) is 59.7 Å². The number of guanidine groups is 1. The summed E-state index contributed by atoms with van der Waals surface area (Å²) in [7, 11) is 1.84. The summed E-state index contributed by atoms with van der Waals surface area (Å²) in [5.74, 6) is 1.83. The molecule has 0 bridgehead atoms. The molecule has 2 aromatic rings. The Morgan fingerprint density at radius 2 is 1.93 bits per heavy atom. The van der Waals surface area contributed by atoms with E-state index in [2.05, 4.69) is 62.6 Å². The Hall–Kier alpha value is -1.84. The van der Waals surface area contributed by atoms with Crippen LogP contribution >= 0.6 is 24.0 Å². The molecule has 0 saturated carbocycles. The Morgan fingerprint density at radius 3 is 2.77 bits per heavy atom. The molecule has 2 aromatic carbocycles. The van der Waals surface area contributed by atoms with Crippen molar-refractivity contribution in [1.29, 1.82) is 0 Å². The summed E-state index contributed by atoms with van der Waals surface area (Å²) in [4.78, 5) is 9.14. The van der Waals surface area contributed by atoms with Crippen LogP contribution in [0.1, 0.15) is 11.1 Å². The number of anilines is 1. The second-order valence-electron chi connectivity index (χ2n) is 7.38. The molecule has 0 aromatic heterocycles. The summed E-state index contributed by atoms with van der Waals surface area (Å²) >= 11 is 0. The Balaban J connectivity index is 0.00000256. The molecule has 2 heterocycles. The highest BCUT2D eigenvalue weighted by molar-refractivity contribution is 14.0. The van der Waals surface area contributed by atoms with E-state index in [0.717, 1.165) is 57.5 Å². The smallest absolute Gasteiger partial charge is 0.198 e. The fraction of sp³-hybridized carbons (Fsp3) is 0.435. The van der Waals surface area contributed by atoms with Crippen molar-refractivity contribution in [2.45, 2.75) is 13.0 Å². The second-order valence-corrected chi connectivity index (χ2v) is 7.38. The first-order chi connectivity index (χ1) is 14.3. The first-order valence-corrected chi connectivity index (χ1v) is 10.4. The van der Waals surface area contributed by atoms with E-state index in [1.54, 1.807) is 0 Å². The average Bonchev–Trinajstić information content (AvgIpc) is 3.20. The van der Waals surface area contributed by atoms with Crippen LogP contribution in [0, 0.1) is 0 Å². The standard InChI is InChI=1S/C23H30N4O2.HI/c1-24-23(27-10-9-20-6-2-3-8-22(20)27)25-18-19-5-4-7-21(17-19)29-16-13-26-11-14-28-15-12-26;/h2-8,17H,9-16,18H2,1H3,(H,24,25);1H. The molecule has 1 N–H and O–H groups in total. The molecule has 2 aliphatic rings. The number of morpholine rings is 1. The van der Waals surface area contributed by atoms with Crippen molar-refractivity contribution in [3.8, 4) is 5.75 Å². The van der Waals surface area contributed by atoms with Gasteiger partial charge in [0.1, 0.15) is 12.4 Å². The van der Waals surface area contributed by atoms with Gasteiger partial charge in [0.15, 0.2) is 5.96 Å². The number of nitrogens with one attached hydrogen (secondary N) is 1. The van der Waals surface area contributed by atoms with E-state index in [1.807, 2.05) is 13.1 Å². The van der Waals surface area contributed by atoms with Gasteiger partial charge in [-0.2, -0.15) is 0 Å². The Kier molecular flexibility index (Phi) is 8.77. The van der Waals surface area contributed by atoms with Gasteiger partial charge in [-0.25, -0.2) is 0 Å². The molecule has 1 saturated heterocycles. The van der Waals surface area contributed by atoms with Crippen molar-refractivity contribution in [2.75, 3.05) is 57.9 Å². The highest BCUT2D eigenvalue weighted by Crippen LogP contribution is 2.27. The highest BCUT2D eigenvalue weighted by Gasteiger charge is 2.22. The van der Waals surface area contributed by atoms with Gasteiger partial charge >= 0.3 is 0 Å². The molecule has 0 aliphatic carbocycles. The van der Waals surface area contributed by atoms with Gasteiger partial charge in [-0.15, -0.1) is 24.0 Å². The number of aliphatic imine (C=N–C) groups is 1. The van der Waals surface area contributed by atoms with Crippen LogP contribution in [0.5, 0.6) is 5.75 Å². The van der Waals surface area contributed by atoms with E-state index < -0.39 is 0 Å². The summed E-state index contributed by atoms with van der Waals surface area (Å²) in [5.41, 5.74) is 3.81. The fourth-order valence-corrected chi connectivity index (χ4v) is 3.90. The number of fused-ring (bicyclic) bond motifs is 1. The normalized spacial score (nSPS) is 16.7. The van der Waals surface area contributed by atoms with Gasteiger partial charge in [0.05, 0.1) is 13.2 Å². The number of para-hydroxylation sites is 1. The Morgan fingerprint density at radius 1 is 1.10 bits per heavy atom. The van der Waals surface area contributed by atoms with Crippen LogP contribution in [-0.2, 0) is 17.7 Å². The average molecular weight is 522 g/mol. The van der Waals surface area contributed by atoms with Crippen LogP contribution in [0.3, 0.4) is 0 Å². The van der Waals surface area contributed by atoms with Crippen LogP contribution in [0.15, 0.2) is 53.5 Å². The number of ether oxygens (including phenoxy) is 2. The Bertz CT molecular complexity index is 839. The molecule has 7 heteroatoms. The fourth-order valence-electron chi connectivity index (χ4n) is 3.90. The van der Waals surface area contributed by atoms with Crippen molar-refractivity contribution in [2.24, 2.45) is 4.99 Å². The number of hydrogen-bond donors (Lipinski definition) is 1. The third-order valence-corrected chi connectivity index (χ3v) is 5.48. The van der Waals surface area contributed by atoms with E-state index >= 15 is 0 Å². The monoisotopic (exact) mass is 522 g/mol. The number of halogens is 1. The molecule has 4 rings (SSSR count). The topological polar surface area (TPSA) is 49.3 Å². The van der Waals surface area contributed by atoms with Crippen molar-refractivity contribution in [1.82, 2.24) is 10.2 Å². The zero-order valence-electron chi connectivity index (χ0n) is 17.5. The largest absolute Gasteiger partial charge is 0.492 e. The van der Waals surface area contributed by atoms with E-state index in [4.69, 9.17) is 9.47 Å². The van der Waals surface area contributed by atoms with Crippen molar-refractivity contribution < 1.29 is 9.47 Å². The van der Waals surface area contributed by atoms with Gasteiger partial charge < -0.3 is 19.7 Å². The van der Waals surface area contributed by atoms with E-state index in [9.17, 15) is 0 Å². The zero-order chi connectivity index (χ0) is 19.9. The predicted molar refractivity (Wildman–Crippen MR) is 132 cm³/mol. The van der Waals surface area contributed by atoms with Gasteiger partial charge in [-0.05, 0) is 35.7 Å². The first-order valence-electron chi connectivity index (χ1n) is 10.4. The molecule has 0 spiro atoms. The lowest BCUT2D eigenvalue weighted by atomic mass is 10.2. The molecule has 0 atom stereocenters. The summed E-state index contributed by atoms with van der Waals surface area (Å²) in [6.07, 6.45) is 1.06. The highest BCUT2D eigenvalue weighted by atomic mass is 127. The maximum Gasteiger partial charge on any atom is 0.198 e. The van der Waals surface area contributed by atoms with Crippen LogP contribution < -0.4 is 15.0 Å². The third kappa shape index (κ3) is 5.86. The van der Waals surface area contributed by atoms with Gasteiger partial charge in [-0.3, -0.25) is 9.89 Å². The molecular weight excluding hydrogens is 491 g/mol. The first kappa shape index (κ1) is 22.8. The summed E-state index contributed by atoms with van der Waals surface area (Å²) in [6, 6.07) is 16.8. The van der Waals surface area contributed by atoms with E-state index in [0.29, 0.717) is 13.2 Å². The van der Waals surface area contributed by atoms with Crippen LogP contribution in [-0.4, -0.2) is 63.9 Å². The van der Waals surface area contributed by atoms with Gasteiger partial charge in [0, 0.05) is 45.5 Å². The summed E-state index contributed by atoms with van der Waals surface area (Å²) < 4.78 is 11.4. The van der Waals surface area contributed by atoms with Gasteiger partial charge in [-0.1, -0.05) is 30.3 Å². The maximum atomic E-state index is 5.98. The lowest BCUT2D eigenvalue weighted by molar-refractivity contribution is 0.0322. The summed E-state index contributed by atoms with van der Waals surface area (Å²) in [5, 5.41) is 3.50. The number of rotatable bonds is 6. The zero-order valence-corrected chi connectivity index (χ0v) is 19.9. The molecule has 0 radical (unpaired) electrons. The van der Waals surface area contributed by atoms with Crippen molar-refractivity contribution >= 4 is 35.6 Å². The molecule has 1 fully saturated rings. The lowest BCUT2D eigenvalue weighted by Crippen LogP contribution is -2.40. The van der Waals surface area contributed by atoms with E-state index in [1.165, 1.54) is 16.8 Å². The minimum Gasteiger partial charge on any atom is -0.492 e. The Labute approximate surface area is 196 Å². The molecule has 0 unspecified atom stereocenters. The van der Waals surface area contributed by atoms with Crippen LogP contribution in [0.25, 0.3) is 0 Å². The molecule has 0 amide bonds. The SMILES string of the molecule is CN=C(NCc1cccc(OCCN2CCOCC2)c1)N1CCc2ccccc21.I. The molecule has 2 aliphatic heterocycles. The van der Waals surface area contributed by atoms with Gasteiger partial charge in [0.2, 0.25) is 0 Å². The van der Waals surface area contributed by atoms with Gasteiger partial charge in [0.25, 0.3) is 0 Å². The van der Waals surface area contributed by atoms with Crippen LogP contribution in [0.2, 0.25) is 0 Å². The third-order valence-electron chi connectivity index (χ3n) is 5.48.